The van der Waals surface area contributed by atoms with Crippen LogP contribution in [0.2, 0.25) is 0 Å². The summed E-state index contributed by atoms with van der Waals surface area (Å²) in [5.41, 5.74) is 1.28. The fourth-order valence-electron chi connectivity index (χ4n) is 1.52. The molecule has 1 aromatic carbocycles. The van der Waals surface area contributed by atoms with Gasteiger partial charge in [-0.05, 0) is 40.0 Å². The van der Waals surface area contributed by atoms with Crippen LogP contribution in [-0.4, -0.2) is 7.11 Å². The molecule has 1 nitrogen and oxygen atoms in total. The molecule has 0 spiro atoms. The second-order valence-electron chi connectivity index (χ2n) is 3.75. The summed E-state index contributed by atoms with van der Waals surface area (Å²) in [6.45, 7) is 4.23. The largest absolute Gasteiger partial charge is 0.496 e. The van der Waals surface area contributed by atoms with E-state index in [0.29, 0.717) is 5.92 Å². The Labute approximate surface area is 106 Å². The molecule has 0 aromatic heterocycles. The van der Waals surface area contributed by atoms with Crippen molar-refractivity contribution in [2.24, 2.45) is 5.92 Å². The smallest absolute Gasteiger partial charge is 0.133 e. The first-order valence-corrected chi connectivity index (χ1v) is 6.27. The van der Waals surface area contributed by atoms with E-state index in [4.69, 9.17) is 4.74 Å². The van der Waals surface area contributed by atoms with Crippen LogP contribution in [0.3, 0.4) is 0 Å². The van der Waals surface area contributed by atoms with Gasteiger partial charge in [0.25, 0.3) is 0 Å². The lowest BCUT2D eigenvalue weighted by Gasteiger charge is -2.07. The lowest BCUT2D eigenvalue weighted by Crippen LogP contribution is -1.97. The van der Waals surface area contributed by atoms with E-state index < -0.39 is 0 Å². The molecule has 0 amide bonds. The van der Waals surface area contributed by atoms with Crippen molar-refractivity contribution in [3.8, 4) is 17.6 Å². The number of hydrogen-bond donors (Lipinski definition) is 0. The Bertz CT molecular complexity index is 401. The third kappa shape index (κ3) is 3.90. The second kappa shape index (κ2) is 6.60. The Morgan fingerprint density at radius 1 is 1.44 bits per heavy atom. The van der Waals surface area contributed by atoms with Crippen molar-refractivity contribution >= 4 is 15.9 Å². The van der Waals surface area contributed by atoms with Crippen molar-refractivity contribution in [2.45, 2.75) is 26.7 Å². The number of ether oxygens (including phenoxy) is 1. The zero-order chi connectivity index (χ0) is 12.0. The van der Waals surface area contributed by atoms with E-state index in [0.717, 1.165) is 23.1 Å². The molecular weight excluding hydrogens is 264 g/mol. The normalized spacial score (nSPS) is 11.5. The van der Waals surface area contributed by atoms with Gasteiger partial charge < -0.3 is 4.74 Å². The Morgan fingerprint density at radius 3 is 2.75 bits per heavy atom. The predicted molar refractivity (Wildman–Crippen MR) is 71.6 cm³/mol. The van der Waals surface area contributed by atoms with E-state index in [1.54, 1.807) is 7.11 Å². The summed E-state index contributed by atoms with van der Waals surface area (Å²) < 4.78 is 6.20. The molecule has 0 saturated carbocycles. The van der Waals surface area contributed by atoms with Crippen molar-refractivity contribution in [1.82, 2.24) is 0 Å². The molecule has 0 bridgehead atoms. The number of benzene rings is 1. The molecule has 0 N–H and O–H groups in total. The van der Waals surface area contributed by atoms with Crippen LogP contribution >= 0.6 is 15.9 Å². The van der Waals surface area contributed by atoms with E-state index in [-0.39, 0.29) is 0 Å². The Hall–Kier alpha value is -0.940. The van der Waals surface area contributed by atoms with E-state index in [9.17, 15) is 0 Å². The van der Waals surface area contributed by atoms with Crippen LogP contribution in [0.25, 0.3) is 0 Å². The van der Waals surface area contributed by atoms with E-state index >= 15 is 0 Å². The Kier molecular flexibility index (Phi) is 5.42. The van der Waals surface area contributed by atoms with E-state index in [1.165, 1.54) is 5.56 Å². The Balaban J connectivity index is 2.71. The molecular formula is C14H17BrO. The predicted octanol–water partition coefficient (Wildman–Crippen LogP) is 4.05. The highest BCUT2D eigenvalue weighted by atomic mass is 79.9. The minimum Gasteiger partial charge on any atom is -0.496 e. The summed E-state index contributed by atoms with van der Waals surface area (Å²) in [6.07, 6.45) is 1.91. The lowest BCUT2D eigenvalue weighted by atomic mass is 10.0. The zero-order valence-corrected chi connectivity index (χ0v) is 11.6. The molecule has 0 radical (unpaired) electrons. The first-order valence-electron chi connectivity index (χ1n) is 5.48. The van der Waals surface area contributed by atoms with Gasteiger partial charge in [0, 0.05) is 12.3 Å². The second-order valence-corrected chi connectivity index (χ2v) is 4.60. The van der Waals surface area contributed by atoms with Gasteiger partial charge in [-0.15, -0.1) is 5.92 Å². The van der Waals surface area contributed by atoms with Crippen LogP contribution in [0.1, 0.15) is 25.8 Å². The maximum absolute atomic E-state index is 5.19. The molecule has 1 unspecified atom stereocenters. The number of rotatable bonds is 3. The van der Waals surface area contributed by atoms with Crippen molar-refractivity contribution in [3.05, 3.63) is 28.2 Å². The third-order valence-corrected chi connectivity index (χ3v) is 2.90. The third-order valence-electron chi connectivity index (χ3n) is 2.28. The van der Waals surface area contributed by atoms with Crippen LogP contribution in [0.5, 0.6) is 5.75 Å². The molecule has 2 heteroatoms. The molecule has 0 heterocycles. The lowest BCUT2D eigenvalue weighted by molar-refractivity contribution is 0.412. The summed E-state index contributed by atoms with van der Waals surface area (Å²) in [5, 5.41) is 0. The van der Waals surface area contributed by atoms with Crippen LogP contribution in [0.4, 0.5) is 0 Å². The van der Waals surface area contributed by atoms with Crippen molar-refractivity contribution in [1.29, 1.82) is 0 Å². The summed E-state index contributed by atoms with van der Waals surface area (Å²) in [4.78, 5) is 0. The first kappa shape index (κ1) is 13.1. The highest BCUT2D eigenvalue weighted by Gasteiger charge is 2.04. The van der Waals surface area contributed by atoms with Gasteiger partial charge in [-0.2, -0.15) is 0 Å². The van der Waals surface area contributed by atoms with Gasteiger partial charge in [-0.3, -0.25) is 0 Å². The van der Waals surface area contributed by atoms with Crippen LogP contribution in [0, 0.1) is 17.8 Å². The highest BCUT2D eigenvalue weighted by Crippen LogP contribution is 2.26. The van der Waals surface area contributed by atoms with Crippen LogP contribution < -0.4 is 4.74 Å². The molecule has 0 aliphatic carbocycles. The highest BCUT2D eigenvalue weighted by molar-refractivity contribution is 9.10. The molecule has 0 saturated heterocycles. The summed E-state index contributed by atoms with van der Waals surface area (Å²) in [6, 6.07) is 6.18. The van der Waals surface area contributed by atoms with Gasteiger partial charge in [0.15, 0.2) is 0 Å². The average Bonchev–Trinajstić information content (AvgIpc) is 2.26. The quantitative estimate of drug-likeness (QED) is 0.759. The fraction of sp³-hybridized carbons (Fsp3) is 0.429. The van der Waals surface area contributed by atoms with Gasteiger partial charge in [0.2, 0.25) is 0 Å². The number of hydrogen-bond acceptors (Lipinski definition) is 1. The van der Waals surface area contributed by atoms with Gasteiger partial charge >= 0.3 is 0 Å². The molecule has 0 fully saturated rings. The Morgan fingerprint density at radius 2 is 2.19 bits per heavy atom. The molecule has 16 heavy (non-hydrogen) atoms. The molecule has 1 aromatic rings. The molecule has 86 valence electrons. The van der Waals surface area contributed by atoms with E-state index in [2.05, 4.69) is 53.8 Å². The zero-order valence-electron chi connectivity index (χ0n) is 10.0. The molecule has 1 atom stereocenters. The standard InChI is InChI=1S/C14H17BrO/c1-4-5-6-11(2)9-12-7-8-14(16-3)13(15)10-12/h7-8,10-11H,4,9H2,1-3H3. The van der Waals surface area contributed by atoms with Gasteiger partial charge in [-0.25, -0.2) is 0 Å². The van der Waals surface area contributed by atoms with Gasteiger partial charge in [0.1, 0.15) is 5.75 Å². The van der Waals surface area contributed by atoms with Crippen LogP contribution in [0.15, 0.2) is 22.7 Å². The van der Waals surface area contributed by atoms with E-state index in [1.807, 2.05) is 6.07 Å². The van der Waals surface area contributed by atoms with Crippen molar-refractivity contribution < 1.29 is 4.74 Å². The summed E-state index contributed by atoms with van der Waals surface area (Å²) >= 11 is 3.49. The molecule has 0 aliphatic heterocycles. The molecule has 0 aliphatic rings. The molecule has 1 rings (SSSR count). The summed E-state index contributed by atoms with van der Waals surface area (Å²) in [7, 11) is 1.68. The maximum Gasteiger partial charge on any atom is 0.133 e. The van der Waals surface area contributed by atoms with Gasteiger partial charge in [-0.1, -0.05) is 25.8 Å². The fourth-order valence-corrected chi connectivity index (χ4v) is 2.11. The van der Waals surface area contributed by atoms with Gasteiger partial charge in [0.05, 0.1) is 11.6 Å². The monoisotopic (exact) mass is 280 g/mol. The topological polar surface area (TPSA) is 9.23 Å². The van der Waals surface area contributed by atoms with Crippen LogP contribution in [-0.2, 0) is 6.42 Å². The minimum atomic E-state index is 0.403. The minimum absolute atomic E-state index is 0.403. The van der Waals surface area contributed by atoms with Crippen molar-refractivity contribution in [2.75, 3.05) is 7.11 Å². The average molecular weight is 281 g/mol. The van der Waals surface area contributed by atoms with Crippen molar-refractivity contribution in [3.63, 3.8) is 0 Å². The maximum atomic E-state index is 5.19. The summed E-state index contributed by atoms with van der Waals surface area (Å²) in [5.74, 6) is 7.63. The number of halogens is 1. The first-order chi connectivity index (χ1) is 7.67. The number of methoxy groups -OCH3 is 1. The SMILES string of the molecule is CCC#CC(C)Cc1ccc(OC)c(Br)c1.